The van der Waals surface area contributed by atoms with Gasteiger partial charge < -0.3 is 4.74 Å². The summed E-state index contributed by atoms with van der Waals surface area (Å²) in [6.07, 6.45) is 0. The van der Waals surface area contributed by atoms with Gasteiger partial charge in [0.25, 0.3) is 0 Å². The molecule has 0 saturated heterocycles. The van der Waals surface area contributed by atoms with Gasteiger partial charge in [-0.2, -0.15) is 0 Å². The van der Waals surface area contributed by atoms with Crippen molar-refractivity contribution in [1.29, 1.82) is 0 Å². The Morgan fingerprint density at radius 3 is 2.25 bits per heavy atom. The van der Waals surface area contributed by atoms with Gasteiger partial charge in [-0.1, -0.05) is 80.6 Å². The molecule has 3 aromatic carbocycles. The Kier molecular flexibility index (Phi) is 6.05. The van der Waals surface area contributed by atoms with Crippen LogP contribution in [0.3, 0.4) is 0 Å². The molecule has 24 heavy (non-hydrogen) atoms. The summed E-state index contributed by atoms with van der Waals surface area (Å²) in [5, 5.41) is 1.97. The molecule has 2 radical (unpaired) electrons. The topological polar surface area (TPSA) is 26.3 Å². The molecule has 0 aliphatic heterocycles. The second-order valence-electron chi connectivity index (χ2n) is 6.35. The normalized spacial score (nSPS) is 10.9. The fourth-order valence-corrected chi connectivity index (χ4v) is 2.70. The number of hydrogen-bond donors (Lipinski definition) is 0. The number of esters is 1. The third-order valence-corrected chi connectivity index (χ3v) is 4.13. The van der Waals surface area contributed by atoms with Crippen LogP contribution in [0.5, 0.6) is 0 Å². The van der Waals surface area contributed by atoms with Crippen LogP contribution < -0.4 is 0 Å². The molecule has 3 rings (SSSR count). The van der Waals surface area contributed by atoms with E-state index in [9.17, 15) is 4.79 Å². The summed E-state index contributed by atoms with van der Waals surface area (Å²) in [5.41, 5.74) is 1.55. The molecule has 0 aromatic heterocycles. The van der Waals surface area contributed by atoms with Crippen molar-refractivity contribution in [2.75, 3.05) is 6.61 Å². The first-order chi connectivity index (χ1) is 11.1. The Labute approximate surface area is 159 Å². The Morgan fingerprint density at radius 2 is 1.50 bits per heavy atom. The van der Waals surface area contributed by atoms with E-state index in [1.807, 2.05) is 60.7 Å². The van der Waals surface area contributed by atoms with E-state index >= 15 is 0 Å². The number of ether oxygens (including phenoxy) is 1. The zero-order valence-electron chi connectivity index (χ0n) is 14.2. The van der Waals surface area contributed by atoms with Gasteiger partial charge in [0.2, 0.25) is 0 Å². The molecule has 0 N–H and O–H groups in total. The summed E-state index contributed by atoms with van der Waals surface area (Å²) in [7, 11) is 0. The Balaban J connectivity index is 0.00000208. The molecule has 0 atom stereocenters. The van der Waals surface area contributed by atoms with Gasteiger partial charge in [-0.3, -0.25) is 0 Å². The molecule has 122 valence electrons. The number of hydrogen-bond acceptors (Lipinski definition) is 2. The Bertz CT molecular complexity index is 820. The van der Waals surface area contributed by atoms with Gasteiger partial charge in [0.15, 0.2) is 0 Å². The van der Waals surface area contributed by atoms with E-state index in [2.05, 4.69) is 26.0 Å². The minimum atomic E-state index is -0.272. The summed E-state index contributed by atoms with van der Waals surface area (Å²) in [6.45, 7) is 4.51. The molecular formula is C21H22O2Sn. The van der Waals surface area contributed by atoms with Crippen molar-refractivity contribution in [3.8, 4) is 0 Å². The van der Waals surface area contributed by atoms with E-state index in [1.54, 1.807) is 0 Å². The Hall–Kier alpha value is -1.81. The first-order valence-corrected chi connectivity index (χ1v) is 7.78. The van der Waals surface area contributed by atoms with Crippen LogP contribution in [0.4, 0.5) is 0 Å². The SMILES string of the molecule is CC(C)(COC(=O)c1cccc2ccccc12)c1ccccc1.[SnH2]. The third-order valence-electron chi connectivity index (χ3n) is 4.13. The van der Waals surface area contributed by atoms with Crippen molar-refractivity contribution in [3.63, 3.8) is 0 Å². The molecule has 3 heteroatoms. The van der Waals surface area contributed by atoms with Crippen molar-refractivity contribution < 1.29 is 9.53 Å². The first-order valence-electron chi connectivity index (χ1n) is 7.78. The fraction of sp³-hybridized carbons (Fsp3) is 0.190. The van der Waals surface area contributed by atoms with Gasteiger partial charge in [0.05, 0.1) is 5.56 Å². The van der Waals surface area contributed by atoms with E-state index in [1.165, 1.54) is 0 Å². The quantitative estimate of drug-likeness (QED) is 0.466. The van der Waals surface area contributed by atoms with E-state index in [4.69, 9.17) is 4.74 Å². The van der Waals surface area contributed by atoms with Crippen LogP contribution in [0.25, 0.3) is 10.8 Å². The zero-order valence-corrected chi connectivity index (χ0v) is 18.2. The van der Waals surface area contributed by atoms with Gasteiger partial charge in [-0.15, -0.1) is 0 Å². The van der Waals surface area contributed by atoms with Gasteiger partial charge >= 0.3 is 29.9 Å². The number of carbonyl (C=O) groups excluding carboxylic acids is 1. The van der Waals surface area contributed by atoms with Crippen molar-refractivity contribution in [2.24, 2.45) is 0 Å². The summed E-state index contributed by atoms with van der Waals surface area (Å²) < 4.78 is 5.62. The molecular weight excluding hydrogens is 403 g/mol. The summed E-state index contributed by atoms with van der Waals surface area (Å²) in [4.78, 5) is 12.5. The predicted octanol–water partition coefficient (Wildman–Crippen LogP) is 4.06. The van der Waals surface area contributed by atoms with Crippen molar-refractivity contribution in [1.82, 2.24) is 0 Å². The average molecular weight is 425 g/mol. The molecule has 0 fully saturated rings. The summed E-state index contributed by atoms with van der Waals surface area (Å²) >= 11 is 0. The number of rotatable bonds is 4. The van der Waals surface area contributed by atoms with Gasteiger partial charge in [0, 0.05) is 5.41 Å². The number of carbonyl (C=O) groups is 1. The summed E-state index contributed by atoms with van der Waals surface area (Å²) in [5.74, 6) is -0.272. The van der Waals surface area contributed by atoms with Gasteiger partial charge in [-0.05, 0) is 22.4 Å². The third kappa shape index (κ3) is 3.99. The summed E-state index contributed by atoms with van der Waals surface area (Å²) in [6, 6.07) is 23.7. The van der Waals surface area contributed by atoms with E-state index in [0.29, 0.717) is 12.2 Å². The number of fused-ring (bicyclic) bond motifs is 1. The van der Waals surface area contributed by atoms with E-state index in [-0.39, 0.29) is 35.3 Å². The second kappa shape index (κ2) is 7.84. The number of benzene rings is 3. The average Bonchev–Trinajstić information content (AvgIpc) is 2.60. The van der Waals surface area contributed by atoms with Crippen molar-refractivity contribution >= 4 is 40.6 Å². The minimum absolute atomic E-state index is 0. The molecule has 0 aliphatic rings. The van der Waals surface area contributed by atoms with Gasteiger partial charge in [-0.25, -0.2) is 4.79 Å². The standard InChI is InChI=1S/C21H20O2.Sn.2H/c1-21(2,17-11-4-3-5-12-17)15-23-20(22)19-14-8-10-16-9-6-7-13-18(16)19;;;/h3-14H,15H2,1-2H3;;;. The van der Waals surface area contributed by atoms with Crippen LogP contribution in [-0.2, 0) is 10.2 Å². The monoisotopic (exact) mass is 426 g/mol. The van der Waals surface area contributed by atoms with Crippen LogP contribution in [0, 0.1) is 0 Å². The zero-order chi connectivity index (χ0) is 16.3. The van der Waals surface area contributed by atoms with Crippen molar-refractivity contribution in [2.45, 2.75) is 19.3 Å². The van der Waals surface area contributed by atoms with Crippen LogP contribution in [0.2, 0.25) is 0 Å². The molecule has 0 bridgehead atoms. The second-order valence-corrected chi connectivity index (χ2v) is 6.35. The molecule has 0 spiro atoms. The maximum atomic E-state index is 12.5. The predicted molar refractivity (Wildman–Crippen MR) is 102 cm³/mol. The molecule has 0 aliphatic carbocycles. The molecule has 0 saturated carbocycles. The Morgan fingerprint density at radius 1 is 0.875 bits per heavy atom. The molecule has 0 heterocycles. The van der Waals surface area contributed by atoms with Crippen LogP contribution in [0.15, 0.2) is 72.8 Å². The fourth-order valence-electron chi connectivity index (χ4n) is 2.70. The van der Waals surface area contributed by atoms with Crippen LogP contribution in [0.1, 0.15) is 29.8 Å². The van der Waals surface area contributed by atoms with Crippen LogP contribution in [-0.4, -0.2) is 36.5 Å². The molecule has 3 aromatic rings. The van der Waals surface area contributed by atoms with Gasteiger partial charge in [0.1, 0.15) is 6.61 Å². The maximum absolute atomic E-state index is 12.5. The van der Waals surface area contributed by atoms with E-state index < -0.39 is 0 Å². The molecule has 0 unspecified atom stereocenters. The molecule has 2 nitrogen and oxygen atoms in total. The molecule has 0 amide bonds. The van der Waals surface area contributed by atoms with E-state index in [0.717, 1.165) is 16.3 Å². The van der Waals surface area contributed by atoms with Crippen molar-refractivity contribution in [3.05, 3.63) is 83.9 Å². The first kappa shape index (κ1) is 18.5. The van der Waals surface area contributed by atoms with Crippen LogP contribution >= 0.6 is 0 Å².